The Hall–Kier alpha value is -5.42. The molecule has 0 atom stereocenters. The molecular weight excluding hydrogens is 597 g/mol. The van der Waals surface area contributed by atoms with Crippen LogP contribution in [-0.2, 0) is 0 Å². The third-order valence-corrected chi connectivity index (χ3v) is 12.1. The van der Waals surface area contributed by atoms with Gasteiger partial charge in [0.05, 0.1) is 22.1 Å². The van der Waals surface area contributed by atoms with Crippen molar-refractivity contribution >= 4 is 107 Å². The third kappa shape index (κ3) is 3.24. The maximum atomic E-state index is 2.43. The molecule has 214 valence electrons. The van der Waals surface area contributed by atoms with Crippen LogP contribution in [0.2, 0.25) is 0 Å². The second-order valence-corrected chi connectivity index (χ2v) is 14.3. The molecule has 0 N–H and O–H groups in total. The van der Waals surface area contributed by atoms with Gasteiger partial charge in [-0.2, -0.15) is 0 Å². The predicted octanol–water partition coefficient (Wildman–Crippen LogP) is 12.6. The van der Waals surface area contributed by atoms with E-state index in [-0.39, 0.29) is 0 Å². The number of hydrogen-bond donors (Lipinski definition) is 0. The maximum Gasteiger partial charge on any atom is 0.0541 e. The lowest BCUT2D eigenvalue weighted by Crippen LogP contribution is -1.93. The summed E-state index contributed by atoms with van der Waals surface area (Å²) in [4.78, 5) is 0. The molecule has 11 rings (SSSR count). The Balaban J connectivity index is 1.17. The first kappa shape index (κ1) is 24.8. The van der Waals surface area contributed by atoms with Gasteiger partial charge >= 0.3 is 0 Å². The Morgan fingerprint density at radius 1 is 0.326 bits per heavy atom. The molecule has 0 amide bonds. The Labute approximate surface area is 271 Å². The zero-order valence-electron chi connectivity index (χ0n) is 24.6. The van der Waals surface area contributed by atoms with Crippen molar-refractivity contribution in [2.75, 3.05) is 0 Å². The van der Waals surface area contributed by atoms with Crippen molar-refractivity contribution in [3.05, 3.63) is 146 Å². The van der Waals surface area contributed by atoms with Gasteiger partial charge in [0.15, 0.2) is 0 Å². The largest absolute Gasteiger partial charge is 0.309 e. The Bertz CT molecular complexity index is 2930. The van der Waals surface area contributed by atoms with E-state index in [1.807, 2.05) is 22.7 Å². The highest BCUT2D eigenvalue weighted by molar-refractivity contribution is 7.29. The van der Waals surface area contributed by atoms with E-state index in [9.17, 15) is 0 Å². The van der Waals surface area contributed by atoms with Gasteiger partial charge < -0.3 is 9.13 Å². The number of hydrogen-bond acceptors (Lipinski definition) is 2. The van der Waals surface area contributed by atoms with Crippen molar-refractivity contribution in [1.82, 2.24) is 9.13 Å². The minimum atomic E-state index is 1.20. The van der Waals surface area contributed by atoms with Crippen molar-refractivity contribution < 1.29 is 0 Å². The summed E-state index contributed by atoms with van der Waals surface area (Å²) in [5.74, 6) is 0. The predicted molar refractivity (Wildman–Crippen MR) is 201 cm³/mol. The quantitative estimate of drug-likeness (QED) is 0.182. The van der Waals surface area contributed by atoms with Crippen LogP contribution in [0.15, 0.2) is 146 Å². The molecule has 0 bridgehead atoms. The molecule has 0 saturated heterocycles. The van der Waals surface area contributed by atoms with E-state index in [0.29, 0.717) is 0 Å². The fraction of sp³-hybridized carbons (Fsp3) is 0. The van der Waals surface area contributed by atoms with Crippen LogP contribution in [0, 0.1) is 0 Å². The summed E-state index contributed by atoms with van der Waals surface area (Å²) in [5, 5.41) is 10.5. The van der Waals surface area contributed by atoms with E-state index in [1.165, 1.54) is 95.3 Å². The monoisotopic (exact) mass is 620 g/mol. The van der Waals surface area contributed by atoms with E-state index in [0.717, 1.165) is 0 Å². The lowest BCUT2D eigenvalue weighted by Gasteiger charge is -2.08. The first-order chi connectivity index (χ1) is 22.8. The van der Waals surface area contributed by atoms with E-state index >= 15 is 0 Å². The molecule has 0 saturated carbocycles. The SMILES string of the molecule is c1ccc2c(c1)c1ccccc1n2-c1ccc2sc3c(ccc4sc5ccc(-n6c7ccccc7c7ccccc76)cc5c43)c2c1. The zero-order valence-corrected chi connectivity index (χ0v) is 26.2. The van der Waals surface area contributed by atoms with Gasteiger partial charge in [-0.1, -0.05) is 78.9 Å². The molecule has 4 heteroatoms. The summed E-state index contributed by atoms with van der Waals surface area (Å²) in [6.45, 7) is 0. The van der Waals surface area contributed by atoms with Crippen molar-refractivity contribution in [2.24, 2.45) is 0 Å². The zero-order chi connectivity index (χ0) is 29.9. The summed E-state index contributed by atoms with van der Waals surface area (Å²) >= 11 is 3.82. The molecule has 46 heavy (non-hydrogen) atoms. The van der Waals surface area contributed by atoms with Crippen LogP contribution in [0.25, 0.3) is 95.3 Å². The number of para-hydroxylation sites is 4. The molecule has 11 aromatic rings. The summed E-state index contributed by atoms with van der Waals surface area (Å²) in [6, 6.07) is 53.7. The van der Waals surface area contributed by atoms with Gasteiger partial charge in [-0.15, -0.1) is 22.7 Å². The first-order valence-electron chi connectivity index (χ1n) is 15.6. The number of thiophene rings is 2. The van der Waals surface area contributed by atoms with Crippen LogP contribution in [0.4, 0.5) is 0 Å². The van der Waals surface area contributed by atoms with Crippen LogP contribution in [0.5, 0.6) is 0 Å². The fourth-order valence-corrected chi connectivity index (χ4v) is 10.2. The Kier molecular flexibility index (Phi) is 4.90. The first-order valence-corrected chi connectivity index (χ1v) is 17.2. The normalized spacial score (nSPS) is 12.3. The smallest absolute Gasteiger partial charge is 0.0541 e. The highest BCUT2D eigenvalue weighted by Gasteiger charge is 2.18. The molecule has 4 aromatic heterocycles. The summed E-state index contributed by atoms with van der Waals surface area (Å²) < 4.78 is 10.2. The van der Waals surface area contributed by atoms with Crippen molar-refractivity contribution in [3.63, 3.8) is 0 Å². The molecular formula is C42H24N2S2. The molecule has 0 aliphatic rings. The second-order valence-electron chi connectivity index (χ2n) is 12.1. The van der Waals surface area contributed by atoms with Gasteiger partial charge in [0.1, 0.15) is 0 Å². The molecule has 0 spiro atoms. The van der Waals surface area contributed by atoms with Crippen LogP contribution < -0.4 is 0 Å². The average Bonchev–Trinajstić information content (AvgIpc) is 3.85. The highest BCUT2D eigenvalue weighted by atomic mass is 32.1. The maximum absolute atomic E-state index is 2.43. The fourth-order valence-electron chi connectivity index (χ4n) is 7.75. The van der Waals surface area contributed by atoms with Gasteiger partial charge in [-0.3, -0.25) is 0 Å². The molecule has 0 aliphatic carbocycles. The van der Waals surface area contributed by atoms with Crippen molar-refractivity contribution in [2.45, 2.75) is 0 Å². The van der Waals surface area contributed by atoms with Gasteiger partial charge in [0.2, 0.25) is 0 Å². The molecule has 0 unspecified atom stereocenters. The van der Waals surface area contributed by atoms with Crippen molar-refractivity contribution in [3.8, 4) is 11.4 Å². The molecule has 0 radical (unpaired) electrons. The topological polar surface area (TPSA) is 9.86 Å². The number of aromatic nitrogens is 2. The van der Waals surface area contributed by atoms with Gasteiger partial charge in [-0.25, -0.2) is 0 Å². The Morgan fingerprint density at radius 2 is 0.761 bits per heavy atom. The average molecular weight is 621 g/mol. The van der Waals surface area contributed by atoms with E-state index in [2.05, 4.69) is 155 Å². The van der Waals surface area contributed by atoms with Gasteiger partial charge in [-0.05, 0) is 66.7 Å². The summed E-state index contributed by atoms with van der Waals surface area (Å²) in [6.07, 6.45) is 0. The van der Waals surface area contributed by atoms with E-state index in [1.54, 1.807) is 0 Å². The Morgan fingerprint density at radius 3 is 1.28 bits per heavy atom. The van der Waals surface area contributed by atoms with Gasteiger partial charge in [0.25, 0.3) is 0 Å². The van der Waals surface area contributed by atoms with Crippen LogP contribution in [-0.4, -0.2) is 9.13 Å². The number of fused-ring (bicyclic) bond motifs is 13. The molecule has 0 fully saturated rings. The standard InChI is InChI=1S/C42H24N2S2/c1-5-13-34-27(9-1)28-10-2-6-14-35(28)43(34)25-17-20-38-32(23-25)31-19-22-40-41(42(31)46-38)33-24-26(18-21-39(33)45-40)44-36-15-7-3-11-29(36)30-12-4-8-16-37(30)44/h1-24H. The van der Waals surface area contributed by atoms with Crippen LogP contribution >= 0.6 is 22.7 Å². The number of rotatable bonds is 2. The number of benzene rings is 7. The third-order valence-electron chi connectivity index (χ3n) is 9.71. The molecule has 4 heterocycles. The minimum absolute atomic E-state index is 1.20. The molecule has 2 nitrogen and oxygen atoms in total. The summed E-state index contributed by atoms with van der Waals surface area (Å²) in [7, 11) is 0. The van der Waals surface area contributed by atoms with Crippen LogP contribution in [0.3, 0.4) is 0 Å². The summed E-state index contributed by atoms with van der Waals surface area (Å²) in [5.41, 5.74) is 7.38. The van der Waals surface area contributed by atoms with E-state index in [4.69, 9.17) is 0 Å². The second kappa shape index (κ2) is 9.07. The van der Waals surface area contributed by atoms with Crippen molar-refractivity contribution in [1.29, 1.82) is 0 Å². The van der Waals surface area contributed by atoms with E-state index < -0.39 is 0 Å². The minimum Gasteiger partial charge on any atom is -0.309 e. The molecule has 7 aromatic carbocycles. The van der Waals surface area contributed by atoms with Crippen LogP contribution in [0.1, 0.15) is 0 Å². The lowest BCUT2D eigenvalue weighted by molar-refractivity contribution is 1.19. The molecule has 0 aliphatic heterocycles. The highest BCUT2D eigenvalue weighted by Crippen LogP contribution is 2.46. The lowest BCUT2D eigenvalue weighted by atomic mass is 10.1. The van der Waals surface area contributed by atoms with Gasteiger partial charge in [0, 0.05) is 73.3 Å². The number of nitrogens with zero attached hydrogens (tertiary/aromatic N) is 2.